The average Bonchev–Trinajstić information content (AvgIpc) is 3.17. The van der Waals surface area contributed by atoms with Crippen LogP contribution in [-0.4, -0.2) is 53.9 Å². The molecule has 1 aliphatic carbocycles. The van der Waals surface area contributed by atoms with Crippen molar-refractivity contribution in [1.29, 1.82) is 0 Å². The molecule has 4 rings (SSSR count). The van der Waals surface area contributed by atoms with E-state index in [1.54, 1.807) is 14.0 Å². The fourth-order valence-corrected chi connectivity index (χ4v) is 4.85. The first-order chi connectivity index (χ1) is 12.4. The maximum Gasteiger partial charge on any atom is 0.242 e. The Morgan fingerprint density at radius 1 is 1.15 bits per heavy atom. The van der Waals surface area contributed by atoms with Crippen LogP contribution < -0.4 is 10.5 Å². The topological polar surface area (TPSA) is 75.9 Å². The monoisotopic (exact) mass is 393 g/mol. The molecule has 2 N–H and O–H groups in total. The first kappa shape index (κ1) is 20.0. The molecule has 1 aromatic carbocycles. The van der Waals surface area contributed by atoms with E-state index in [1.807, 2.05) is 34.1 Å². The SMILES string of the molecule is COc1ccc([C@H]2[C@@H]3CN(C(=O)C4(N)CCC4)C[C@@H]3CN2C(C)=O)cc1.Cl. The van der Waals surface area contributed by atoms with Crippen LogP contribution in [0.2, 0.25) is 0 Å². The molecule has 2 amide bonds. The molecular formula is C20H28ClN3O3. The van der Waals surface area contributed by atoms with E-state index in [-0.39, 0.29) is 36.2 Å². The number of hydrogen-bond donors (Lipinski definition) is 1. The average molecular weight is 394 g/mol. The van der Waals surface area contributed by atoms with Gasteiger partial charge in [0, 0.05) is 38.4 Å². The lowest BCUT2D eigenvalue weighted by Gasteiger charge is -2.40. The fourth-order valence-electron chi connectivity index (χ4n) is 4.85. The summed E-state index contributed by atoms with van der Waals surface area (Å²) in [5.41, 5.74) is 6.72. The molecule has 0 unspecified atom stereocenters. The van der Waals surface area contributed by atoms with Gasteiger partial charge in [-0.1, -0.05) is 12.1 Å². The third-order valence-corrected chi connectivity index (χ3v) is 6.48. The van der Waals surface area contributed by atoms with Gasteiger partial charge in [0.15, 0.2) is 0 Å². The van der Waals surface area contributed by atoms with Crippen molar-refractivity contribution in [3.05, 3.63) is 29.8 Å². The van der Waals surface area contributed by atoms with Crippen molar-refractivity contribution < 1.29 is 14.3 Å². The molecule has 2 aliphatic heterocycles. The van der Waals surface area contributed by atoms with Crippen molar-refractivity contribution in [2.75, 3.05) is 26.7 Å². The smallest absolute Gasteiger partial charge is 0.242 e. The third kappa shape index (κ3) is 3.29. The standard InChI is InChI=1S/C20H27N3O3.ClH/c1-13(24)23-11-15-10-22(19(25)20(21)8-3-9-20)12-17(15)18(23)14-4-6-16(26-2)7-5-14;/h4-7,15,17-18H,3,8-12,21H2,1-2H3;1H/t15-,17-,18+;/m1./s1. The number of hydrogen-bond acceptors (Lipinski definition) is 4. The van der Waals surface area contributed by atoms with E-state index in [0.717, 1.165) is 30.6 Å². The summed E-state index contributed by atoms with van der Waals surface area (Å²) in [7, 11) is 1.64. The van der Waals surface area contributed by atoms with Crippen LogP contribution in [0.15, 0.2) is 24.3 Å². The number of nitrogens with zero attached hydrogens (tertiary/aromatic N) is 2. The van der Waals surface area contributed by atoms with Crippen LogP contribution in [0.25, 0.3) is 0 Å². The third-order valence-electron chi connectivity index (χ3n) is 6.48. The Kier molecular flexibility index (Phi) is 5.41. The van der Waals surface area contributed by atoms with Crippen molar-refractivity contribution in [3.63, 3.8) is 0 Å². The molecule has 3 atom stereocenters. The van der Waals surface area contributed by atoms with Crippen LogP contribution >= 0.6 is 12.4 Å². The van der Waals surface area contributed by atoms with E-state index in [1.165, 1.54) is 0 Å². The van der Waals surface area contributed by atoms with Gasteiger partial charge in [-0.05, 0) is 37.0 Å². The Balaban J connectivity index is 0.00000210. The number of halogens is 1. The Bertz CT molecular complexity index is 720. The van der Waals surface area contributed by atoms with Gasteiger partial charge in [-0.2, -0.15) is 0 Å². The lowest BCUT2D eigenvalue weighted by molar-refractivity contribution is -0.139. The molecular weight excluding hydrogens is 366 g/mol. The predicted molar refractivity (Wildman–Crippen MR) is 105 cm³/mol. The number of rotatable bonds is 3. The Labute approximate surface area is 166 Å². The summed E-state index contributed by atoms with van der Waals surface area (Å²) >= 11 is 0. The molecule has 148 valence electrons. The minimum absolute atomic E-state index is 0. The van der Waals surface area contributed by atoms with Gasteiger partial charge in [0.1, 0.15) is 5.75 Å². The van der Waals surface area contributed by atoms with Gasteiger partial charge >= 0.3 is 0 Å². The van der Waals surface area contributed by atoms with Crippen LogP contribution in [-0.2, 0) is 9.59 Å². The number of carbonyl (C=O) groups excluding carboxylic acids is 2. The van der Waals surface area contributed by atoms with E-state index < -0.39 is 5.54 Å². The first-order valence-corrected chi connectivity index (χ1v) is 9.42. The molecule has 1 aromatic rings. The molecule has 0 spiro atoms. The summed E-state index contributed by atoms with van der Waals surface area (Å²) in [6.07, 6.45) is 2.62. The van der Waals surface area contributed by atoms with E-state index >= 15 is 0 Å². The number of likely N-dealkylation sites (tertiary alicyclic amines) is 2. The zero-order chi connectivity index (χ0) is 18.5. The highest BCUT2D eigenvalue weighted by Gasteiger charge is 2.52. The number of fused-ring (bicyclic) bond motifs is 1. The molecule has 3 aliphatic rings. The lowest BCUT2D eigenvalue weighted by Crippen LogP contribution is -2.59. The molecule has 2 saturated heterocycles. The zero-order valence-corrected chi connectivity index (χ0v) is 16.7. The number of benzene rings is 1. The van der Waals surface area contributed by atoms with Gasteiger partial charge in [-0.25, -0.2) is 0 Å². The van der Waals surface area contributed by atoms with Gasteiger partial charge in [0.05, 0.1) is 18.7 Å². The maximum atomic E-state index is 12.8. The second-order valence-corrected chi connectivity index (χ2v) is 8.03. The fraction of sp³-hybridized carbons (Fsp3) is 0.600. The highest BCUT2D eigenvalue weighted by Crippen LogP contribution is 2.46. The van der Waals surface area contributed by atoms with E-state index in [9.17, 15) is 9.59 Å². The van der Waals surface area contributed by atoms with Gasteiger partial charge in [-0.15, -0.1) is 12.4 Å². The van der Waals surface area contributed by atoms with Crippen LogP contribution in [0.1, 0.15) is 37.8 Å². The van der Waals surface area contributed by atoms with Crippen LogP contribution in [0.4, 0.5) is 0 Å². The maximum absolute atomic E-state index is 12.8. The van der Waals surface area contributed by atoms with Crippen molar-refractivity contribution >= 4 is 24.2 Å². The van der Waals surface area contributed by atoms with E-state index in [2.05, 4.69) is 0 Å². The summed E-state index contributed by atoms with van der Waals surface area (Å²) in [6, 6.07) is 7.94. The summed E-state index contributed by atoms with van der Waals surface area (Å²) in [4.78, 5) is 28.9. The highest BCUT2D eigenvalue weighted by atomic mass is 35.5. The molecule has 0 aromatic heterocycles. The summed E-state index contributed by atoms with van der Waals surface area (Å²) < 4.78 is 5.25. The molecule has 3 fully saturated rings. The first-order valence-electron chi connectivity index (χ1n) is 9.42. The Morgan fingerprint density at radius 3 is 2.33 bits per heavy atom. The van der Waals surface area contributed by atoms with E-state index in [4.69, 9.17) is 10.5 Å². The van der Waals surface area contributed by atoms with Gasteiger partial charge < -0.3 is 20.3 Å². The molecule has 2 heterocycles. The number of carbonyl (C=O) groups is 2. The quantitative estimate of drug-likeness (QED) is 0.851. The van der Waals surface area contributed by atoms with Crippen LogP contribution in [0.3, 0.4) is 0 Å². The minimum Gasteiger partial charge on any atom is -0.497 e. The molecule has 6 nitrogen and oxygen atoms in total. The highest BCUT2D eigenvalue weighted by molar-refractivity contribution is 5.87. The number of ether oxygens (including phenoxy) is 1. The molecule has 1 saturated carbocycles. The predicted octanol–water partition coefficient (Wildman–Crippen LogP) is 1.98. The second-order valence-electron chi connectivity index (χ2n) is 8.03. The number of nitrogens with two attached hydrogens (primary N) is 1. The Morgan fingerprint density at radius 2 is 1.81 bits per heavy atom. The molecule has 0 radical (unpaired) electrons. The van der Waals surface area contributed by atoms with Crippen molar-refractivity contribution in [1.82, 2.24) is 9.80 Å². The molecule has 27 heavy (non-hydrogen) atoms. The minimum atomic E-state index is -0.644. The van der Waals surface area contributed by atoms with Gasteiger partial charge in [0.25, 0.3) is 0 Å². The van der Waals surface area contributed by atoms with Gasteiger partial charge in [0.2, 0.25) is 11.8 Å². The lowest BCUT2D eigenvalue weighted by atomic mass is 9.76. The number of amides is 2. The van der Waals surface area contributed by atoms with Crippen LogP contribution in [0, 0.1) is 11.8 Å². The molecule has 0 bridgehead atoms. The largest absolute Gasteiger partial charge is 0.497 e. The summed E-state index contributed by atoms with van der Waals surface area (Å²) in [5.74, 6) is 1.57. The normalized spacial score (nSPS) is 28.2. The Hall–Kier alpha value is -1.79. The van der Waals surface area contributed by atoms with E-state index in [0.29, 0.717) is 25.6 Å². The van der Waals surface area contributed by atoms with Crippen molar-refractivity contribution in [3.8, 4) is 5.75 Å². The van der Waals surface area contributed by atoms with Crippen molar-refractivity contribution in [2.45, 2.75) is 37.8 Å². The summed E-state index contributed by atoms with van der Waals surface area (Å²) in [6.45, 7) is 3.73. The summed E-state index contributed by atoms with van der Waals surface area (Å²) in [5, 5.41) is 0. The van der Waals surface area contributed by atoms with Crippen LogP contribution in [0.5, 0.6) is 5.75 Å². The zero-order valence-electron chi connectivity index (χ0n) is 15.9. The van der Waals surface area contributed by atoms with Gasteiger partial charge in [-0.3, -0.25) is 9.59 Å². The number of methoxy groups -OCH3 is 1. The molecule has 7 heteroatoms. The second kappa shape index (κ2) is 7.32. The van der Waals surface area contributed by atoms with Crippen molar-refractivity contribution in [2.24, 2.45) is 17.6 Å².